The molecule has 0 aliphatic carbocycles. The number of ether oxygens (including phenoxy) is 2. The predicted octanol–water partition coefficient (Wildman–Crippen LogP) is 3.48. The van der Waals surface area contributed by atoms with Crippen LogP contribution >= 0.6 is 15.9 Å². The molecule has 0 atom stereocenters. The molecular weight excluding hydrogens is 343 g/mol. The van der Waals surface area contributed by atoms with E-state index in [0.29, 0.717) is 15.8 Å². The lowest BCUT2D eigenvalue weighted by Gasteiger charge is -2.12. The third-order valence-electron chi connectivity index (χ3n) is 2.69. The topological polar surface area (TPSA) is 77.1 Å². The molecule has 0 amide bonds. The molecule has 0 bridgehead atoms. The van der Waals surface area contributed by atoms with E-state index in [9.17, 15) is 4.39 Å². The molecule has 0 aliphatic rings. The highest BCUT2D eigenvalue weighted by molar-refractivity contribution is 9.10. The van der Waals surface area contributed by atoms with E-state index in [0.717, 1.165) is 0 Å². The Labute approximate surface area is 128 Å². The van der Waals surface area contributed by atoms with Crippen molar-refractivity contribution in [2.75, 3.05) is 7.11 Å². The number of amidine groups is 1. The average molecular weight is 355 g/mol. The van der Waals surface area contributed by atoms with Crippen molar-refractivity contribution in [3.05, 3.63) is 52.3 Å². The van der Waals surface area contributed by atoms with Gasteiger partial charge in [-0.1, -0.05) is 5.16 Å². The van der Waals surface area contributed by atoms with E-state index in [-0.39, 0.29) is 17.3 Å². The van der Waals surface area contributed by atoms with Gasteiger partial charge in [-0.25, -0.2) is 4.39 Å². The van der Waals surface area contributed by atoms with Crippen LogP contribution in [0.4, 0.5) is 4.39 Å². The maximum Gasteiger partial charge on any atom is 0.173 e. The molecule has 2 aromatic rings. The standard InChI is InChI=1S/C14H12BrFN2O3/c1-20-8-2-4-10(14(17)18-19)13(7-8)21-9-3-5-11(15)12(16)6-9/h2-7,19H,1H3,(H2,17,18). The number of nitrogens with two attached hydrogens (primary N) is 1. The van der Waals surface area contributed by atoms with E-state index >= 15 is 0 Å². The Bertz CT molecular complexity index is 692. The van der Waals surface area contributed by atoms with Gasteiger partial charge in [-0.15, -0.1) is 0 Å². The van der Waals surface area contributed by atoms with Gasteiger partial charge in [0, 0.05) is 12.1 Å². The Morgan fingerprint density at radius 2 is 1.95 bits per heavy atom. The molecule has 0 radical (unpaired) electrons. The van der Waals surface area contributed by atoms with Crippen LogP contribution in [0.1, 0.15) is 5.56 Å². The first-order valence-corrected chi connectivity index (χ1v) is 6.63. The summed E-state index contributed by atoms with van der Waals surface area (Å²) in [6, 6.07) is 9.12. The molecule has 5 nitrogen and oxygen atoms in total. The molecule has 2 aromatic carbocycles. The van der Waals surface area contributed by atoms with E-state index in [1.54, 1.807) is 24.3 Å². The summed E-state index contributed by atoms with van der Waals surface area (Å²) in [5, 5.41) is 11.7. The van der Waals surface area contributed by atoms with Crippen molar-refractivity contribution in [2.24, 2.45) is 10.9 Å². The van der Waals surface area contributed by atoms with Gasteiger partial charge in [0.15, 0.2) is 5.84 Å². The van der Waals surface area contributed by atoms with Crippen molar-refractivity contribution >= 4 is 21.8 Å². The van der Waals surface area contributed by atoms with Crippen LogP contribution in [0.25, 0.3) is 0 Å². The summed E-state index contributed by atoms with van der Waals surface area (Å²) < 4.78 is 24.5. The lowest BCUT2D eigenvalue weighted by atomic mass is 10.1. The van der Waals surface area contributed by atoms with Gasteiger partial charge in [0.25, 0.3) is 0 Å². The second-order valence-corrected chi connectivity index (χ2v) is 4.88. The van der Waals surface area contributed by atoms with Gasteiger partial charge in [0.1, 0.15) is 23.1 Å². The quantitative estimate of drug-likeness (QED) is 0.381. The first kappa shape index (κ1) is 15.1. The summed E-state index contributed by atoms with van der Waals surface area (Å²) in [6.45, 7) is 0. The van der Waals surface area contributed by atoms with Crippen molar-refractivity contribution in [3.8, 4) is 17.2 Å². The Morgan fingerprint density at radius 1 is 1.24 bits per heavy atom. The molecule has 0 saturated carbocycles. The van der Waals surface area contributed by atoms with Gasteiger partial charge < -0.3 is 20.4 Å². The monoisotopic (exact) mass is 354 g/mol. The minimum Gasteiger partial charge on any atom is -0.497 e. The van der Waals surface area contributed by atoms with Gasteiger partial charge in [-0.05, 0) is 40.2 Å². The number of hydrogen-bond acceptors (Lipinski definition) is 4. The molecular formula is C14H12BrFN2O3. The van der Waals surface area contributed by atoms with Crippen molar-refractivity contribution < 1.29 is 19.1 Å². The van der Waals surface area contributed by atoms with Crippen molar-refractivity contribution in [2.45, 2.75) is 0 Å². The van der Waals surface area contributed by atoms with Gasteiger partial charge >= 0.3 is 0 Å². The molecule has 3 N–H and O–H groups in total. The molecule has 21 heavy (non-hydrogen) atoms. The molecule has 0 saturated heterocycles. The fraction of sp³-hybridized carbons (Fsp3) is 0.0714. The molecule has 7 heteroatoms. The highest BCUT2D eigenvalue weighted by Gasteiger charge is 2.12. The van der Waals surface area contributed by atoms with Crippen molar-refractivity contribution in [1.82, 2.24) is 0 Å². The zero-order valence-corrected chi connectivity index (χ0v) is 12.6. The number of benzene rings is 2. The summed E-state index contributed by atoms with van der Waals surface area (Å²) in [5.74, 6) is 0.505. The Balaban J connectivity index is 2.43. The zero-order chi connectivity index (χ0) is 15.4. The molecule has 0 spiro atoms. The molecule has 2 rings (SSSR count). The van der Waals surface area contributed by atoms with Crippen LogP contribution in [-0.2, 0) is 0 Å². The van der Waals surface area contributed by atoms with Crippen molar-refractivity contribution in [3.63, 3.8) is 0 Å². The first-order chi connectivity index (χ1) is 10.0. The Morgan fingerprint density at radius 3 is 2.57 bits per heavy atom. The highest BCUT2D eigenvalue weighted by atomic mass is 79.9. The Kier molecular flexibility index (Phi) is 4.64. The number of halogens is 2. The van der Waals surface area contributed by atoms with Gasteiger partial charge in [-0.2, -0.15) is 0 Å². The summed E-state index contributed by atoms with van der Waals surface area (Å²) >= 11 is 3.06. The van der Waals surface area contributed by atoms with Crippen LogP contribution in [-0.4, -0.2) is 18.2 Å². The summed E-state index contributed by atoms with van der Waals surface area (Å²) in [7, 11) is 1.50. The van der Waals surface area contributed by atoms with Crippen LogP contribution in [0.2, 0.25) is 0 Å². The summed E-state index contributed by atoms with van der Waals surface area (Å²) in [6.07, 6.45) is 0. The van der Waals surface area contributed by atoms with Crippen LogP contribution in [0.15, 0.2) is 46.0 Å². The average Bonchev–Trinajstić information content (AvgIpc) is 2.50. The van der Waals surface area contributed by atoms with Gasteiger partial charge in [-0.3, -0.25) is 0 Å². The predicted molar refractivity (Wildman–Crippen MR) is 79.7 cm³/mol. The number of methoxy groups -OCH3 is 1. The van der Waals surface area contributed by atoms with Crippen LogP contribution < -0.4 is 15.2 Å². The fourth-order valence-corrected chi connectivity index (χ4v) is 1.89. The minimum atomic E-state index is -0.458. The fourth-order valence-electron chi connectivity index (χ4n) is 1.65. The SMILES string of the molecule is COc1ccc(/C(N)=N/O)c(Oc2ccc(Br)c(F)c2)c1. The molecule has 0 aromatic heterocycles. The lowest BCUT2D eigenvalue weighted by molar-refractivity contribution is 0.318. The molecule has 110 valence electrons. The van der Waals surface area contributed by atoms with Crippen LogP contribution in [0, 0.1) is 5.82 Å². The smallest absolute Gasteiger partial charge is 0.173 e. The largest absolute Gasteiger partial charge is 0.497 e. The van der Waals surface area contributed by atoms with Gasteiger partial charge in [0.05, 0.1) is 17.1 Å². The van der Waals surface area contributed by atoms with E-state index in [4.69, 9.17) is 20.4 Å². The highest BCUT2D eigenvalue weighted by Crippen LogP contribution is 2.31. The number of oxime groups is 1. The first-order valence-electron chi connectivity index (χ1n) is 5.84. The molecule has 0 aliphatic heterocycles. The number of rotatable bonds is 4. The minimum absolute atomic E-state index is 0.120. The Hall–Kier alpha value is -2.28. The molecule has 0 fully saturated rings. The van der Waals surface area contributed by atoms with E-state index in [1.807, 2.05) is 0 Å². The molecule has 0 unspecified atom stereocenters. The maximum absolute atomic E-state index is 13.5. The third-order valence-corrected chi connectivity index (χ3v) is 3.33. The van der Waals surface area contributed by atoms with Gasteiger partial charge in [0.2, 0.25) is 0 Å². The summed E-state index contributed by atoms with van der Waals surface area (Å²) in [5.41, 5.74) is 5.95. The van der Waals surface area contributed by atoms with Crippen LogP contribution in [0.5, 0.6) is 17.2 Å². The maximum atomic E-state index is 13.5. The molecule has 0 heterocycles. The second-order valence-electron chi connectivity index (χ2n) is 4.03. The van der Waals surface area contributed by atoms with Crippen LogP contribution in [0.3, 0.4) is 0 Å². The number of nitrogens with zero attached hydrogens (tertiary/aromatic N) is 1. The normalized spacial score (nSPS) is 11.3. The number of hydrogen-bond donors (Lipinski definition) is 2. The summed E-state index contributed by atoms with van der Waals surface area (Å²) in [4.78, 5) is 0. The van der Waals surface area contributed by atoms with Crippen molar-refractivity contribution in [1.29, 1.82) is 0 Å². The second kappa shape index (κ2) is 6.45. The van der Waals surface area contributed by atoms with E-state index in [2.05, 4.69) is 21.1 Å². The zero-order valence-electron chi connectivity index (χ0n) is 11.0. The van der Waals surface area contributed by atoms with E-state index < -0.39 is 5.82 Å². The van der Waals surface area contributed by atoms with E-state index in [1.165, 1.54) is 19.2 Å². The third kappa shape index (κ3) is 3.43. The lowest BCUT2D eigenvalue weighted by Crippen LogP contribution is -2.14.